The highest BCUT2D eigenvalue weighted by molar-refractivity contribution is 8.00. The Morgan fingerprint density at radius 1 is 1.33 bits per heavy atom. The number of hydrogen-bond donors (Lipinski definition) is 1. The van der Waals surface area contributed by atoms with Gasteiger partial charge in [-0.15, -0.1) is 23.5 Å². The minimum atomic E-state index is 0.0109. The SMILES string of the molecule is CCCCSC(C)C(=O)Nc1ccc(SC)cc1. The zero-order chi connectivity index (χ0) is 13.4. The standard InChI is InChI=1S/C14H21NOS2/c1-4-5-10-18-11(2)14(16)15-12-6-8-13(17-3)9-7-12/h6-9,11H,4-5,10H2,1-3H3,(H,15,16). The number of benzene rings is 1. The summed E-state index contributed by atoms with van der Waals surface area (Å²) in [5, 5.41) is 2.96. The topological polar surface area (TPSA) is 29.1 Å². The zero-order valence-electron chi connectivity index (χ0n) is 11.2. The molecule has 1 rings (SSSR count). The maximum absolute atomic E-state index is 11.9. The number of nitrogens with one attached hydrogen (secondary N) is 1. The molecule has 1 aromatic carbocycles. The molecule has 0 heterocycles. The molecule has 0 aliphatic carbocycles. The number of carbonyl (C=O) groups is 1. The van der Waals surface area contributed by atoms with E-state index in [4.69, 9.17) is 0 Å². The molecule has 0 bridgehead atoms. The first-order valence-corrected chi connectivity index (χ1v) is 8.51. The number of carbonyl (C=O) groups excluding carboxylic acids is 1. The number of unbranched alkanes of at least 4 members (excludes halogenated alkanes) is 1. The van der Waals surface area contributed by atoms with Gasteiger partial charge in [-0.2, -0.15) is 0 Å². The van der Waals surface area contributed by atoms with Crippen LogP contribution in [0.3, 0.4) is 0 Å². The van der Waals surface area contributed by atoms with E-state index in [0.29, 0.717) is 0 Å². The summed E-state index contributed by atoms with van der Waals surface area (Å²) in [7, 11) is 0. The Kier molecular flexibility index (Phi) is 7.28. The number of anilines is 1. The van der Waals surface area contributed by atoms with Crippen LogP contribution in [0.5, 0.6) is 0 Å². The molecule has 1 N–H and O–H groups in total. The van der Waals surface area contributed by atoms with Crippen LogP contribution in [0, 0.1) is 0 Å². The Morgan fingerprint density at radius 2 is 2.00 bits per heavy atom. The van der Waals surface area contributed by atoms with Crippen molar-refractivity contribution in [3.8, 4) is 0 Å². The third kappa shape index (κ3) is 5.36. The van der Waals surface area contributed by atoms with E-state index < -0.39 is 0 Å². The molecule has 2 nitrogen and oxygen atoms in total. The Bertz CT molecular complexity index is 365. The summed E-state index contributed by atoms with van der Waals surface area (Å²) in [6.45, 7) is 4.13. The highest BCUT2D eigenvalue weighted by atomic mass is 32.2. The van der Waals surface area contributed by atoms with Crippen LogP contribution in [0.15, 0.2) is 29.2 Å². The van der Waals surface area contributed by atoms with E-state index in [9.17, 15) is 4.79 Å². The minimum Gasteiger partial charge on any atom is -0.325 e. The minimum absolute atomic E-state index is 0.0109. The molecule has 0 saturated heterocycles. The molecule has 0 spiro atoms. The summed E-state index contributed by atoms with van der Waals surface area (Å²) >= 11 is 3.42. The van der Waals surface area contributed by atoms with Crippen molar-refractivity contribution in [3.05, 3.63) is 24.3 Å². The fraction of sp³-hybridized carbons (Fsp3) is 0.500. The predicted octanol–water partition coefficient (Wildman–Crippen LogP) is 4.27. The normalized spacial score (nSPS) is 12.2. The molecule has 0 fully saturated rings. The highest BCUT2D eigenvalue weighted by Gasteiger charge is 2.12. The van der Waals surface area contributed by atoms with E-state index >= 15 is 0 Å². The average molecular weight is 283 g/mol. The summed E-state index contributed by atoms with van der Waals surface area (Å²) in [6, 6.07) is 7.95. The van der Waals surface area contributed by atoms with E-state index in [1.165, 1.54) is 17.7 Å². The number of thioether (sulfide) groups is 2. The van der Waals surface area contributed by atoms with E-state index in [1.807, 2.05) is 37.4 Å². The third-order valence-corrected chi connectivity index (χ3v) is 4.57. The molecule has 0 radical (unpaired) electrons. The summed E-state index contributed by atoms with van der Waals surface area (Å²) in [5.41, 5.74) is 0.876. The summed E-state index contributed by atoms with van der Waals surface area (Å²) < 4.78 is 0. The van der Waals surface area contributed by atoms with Gasteiger partial charge in [0.05, 0.1) is 5.25 Å². The van der Waals surface area contributed by atoms with Gasteiger partial charge in [-0.1, -0.05) is 13.3 Å². The number of amides is 1. The molecule has 1 amide bonds. The second-order valence-corrected chi connectivity index (χ2v) is 6.41. The Labute approximate surface area is 118 Å². The molecule has 1 atom stereocenters. The van der Waals surface area contributed by atoms with Crippen molar-refractivity contribution in [2.75, 3.05) is 17.3 Å². The van der Waals surface area contributed by atoms with Crippen molar-refractivity contribution in [1.82, 2.24) is 0 Å². The molecule has 4 heteroatoms. The van der Waals surface area contributed by atoms with Crippen LogP contribution < -0.4 is 5.32 Å². The lowest BCUT2D eigenvalue weighted by Gasteiger charge is -2.12. The van der Waals surface area contributed by atoms with Gasteiger partial charge in [-0.05, 0) is 49.6 Å². The van der Waals surface area contributed by atoms with E-state index in [2.05, 4.69) is 12.2 Å². The third-order valence-electron chi connectivity index (χ3n) is 2.59. The first kappa shape index (κ1) is 15.4. The molecular formula is C14H21NOS2. The molecule has 0 aromatic heterocycles. The van der Waals surface area contributed by atoms with Gasteiger partial charge in [0.25, 0.3) is 0 Å². The van der Waals surface area contributed by atoms with Gasteiger partial charge in [0.15, 0.2) is 0 Å². The molecule has 18 heavy (non-hydrogen) atoms. The number of rotatable bonds is 7. The second-order valence-electron chi connectivity index (χ2n) is 4.08. The van der Waals surface area contributed by atoms with Crippen molar-refractivity contribution < 1.29 is 4.79 Å². The van der Waals surface area contributed by atoms with E-state index in [-0.39, 0.29) is 11.2 Å². The van der Waals surface area contributed by atoms with Crippen molar-refractivity contribution in [2.45, 2.75) is 36.8 Å². The second kappa shape index (κ2) is 8.48. The van der Waals surface area contributed by atoms with Crippen LogP contribution in [0.25, 0.3) is 0 Å². The fourth-order valence-electron chi connectivity index (χ4n) is 1.40. The van der Waals surface area contributed by atoms with Gasteiger partial charge in [0.2, 0.25) is 5.91 Å². The predicted molar refractivity (Wildman–Crippen MR) is 83.7 cm³/mol. The maximum Gasteiger partial charge on any atom is 0.237 e. The van der Waals surface area contributed by atoms with Gasteiger partial charge in [-0.3, -0.25) is 4.79 Å². The summed E-state index contributed by atoms with van der Waals surface area (Å²) in [6.07, 6.45) is 4.39. The maximum atomic E-state index is 11.9. The van der Waals surface area contributed by atoms with Gasteiger partial charge < -0.3 is 5.32 Å². The van der Waals surface area contributed by atoms with Gasteiger partial charge in [0, 0.05) is 10.6 Å². The van der Waals surface area contributed by atoms with Crippen molar-refractivity contribution in [3.63, 3.8) is 0 Å². The van der Waals surface area contributed by atoms with Crippen molar-refractivity contribution >= 4 is 35.1 Å². The van der Waals surface area contributed by atoms with Crippen molar-refractivity contribution in [2.24, 2.45) is 0 Å². The average Bonchev–Trinajstić information content (AvgIpc) is 2.39. The highest BCUT2D eigenvalue weighted by Crippen LogP contribution is 2.19. The Hall–Kier alpha value is -0.610. The van der Waals surface area contributed by atoms with Crippen LogP contribution in [0.4, 0.5) is 5.69 Å². The van der Waals surface area contributed by atoms with Gasteiger partial charge in [-0.25, -0.2) is 0 Å². The zero-order valence-corrected chi connectivity index (χ0v) is 12.9. The smallest absolute Gasteiger partial charge is 0.237 e. The quantitative estimate of drug-likeness (QED) is 0.598. The molecule has 0 aliphatic heterocycles. The largest absolute Gasteiger partial charge is 0.325 e. The van der Waals surface area contributed by atoms with Gasteiger partial charge in [0.1, 0.15) is 0 Å². The summed E-state index contributed by atoms with van der Waals surface area (Å²) in [5.74, 6) is 1.14. The molecule has 1 unspecified atom stereocenters. The summed E-state index contributed by atoms with van der Waals surface area (Å²) in [4.78, 5) is 13.1. The lowest BCUT2D eigenvalue weighted by atomic mass is 10.3. The molecule has 1 aromatic rings. The van der Waals surface area contributed by atoms with Crippen LogP contribution >= 0.6 is 23.5 Å². The van der Waals surface area contributed by atoms with Crippen LogP contribution in [-0.4, -0.2) is 23.2 Å². The molecule has 0 saturated carbocycles. The molecule has 100 valence electrons. The van der Waals surface area contributed by atoms with Crippen LogP contribution in [0.2, 0.25) is 0 Å². The van der Waals surface area contributed by atoms with Gasteiger partial charge >= 0.3 is 0 Å². The van der Waals surface area contributed by atoms with E-state index in [0.717, 1.165) is 11.4 Å². The monoisotopic (exact) mass is 283 g/mol. The lowest BCUT2D eigenvalue weighted by molar-refractivity contribution is -0.115. The van der Waals surface area contributed by atoms with E-state index in [1.54, 1.807) is 23.5 Å². The van der Waals surface area contributed by atoms with Crippen molar-refractivity contribution in [1.29, 1.82) is 0 Å². The Morgan fingerprint density at radius 3 is 2.56 bits per heavy atom. The number of hydrogen-bond acceptors (Lipinski definition) is 3. The Balaban J connectivity index is 2.42. The molecular weight excluding hydrogens is 262 g/mol. The first-order valence-electron chi connectivity index (χ1n) is 6.24. The molecule has 0 aliphatic rings. The first-order chi connectivity index (χ1) is 8.67. The van der Waals surface area contributed by atoms with Crippen LogP contribution in [0.1, 0.15) is 26.7 Å². The fourth-order valence-corrected chi connectivity index (χ4v) is 2.83. The lowest BCUT2D eigenvalue weighted by Crippen LogP contribution is -2.22. The van der Waals surface area contributed by atoms with Crippen LogP contribution in [-0.2, 0) is 4.79 Å².